The fraction of sp³-hybridized carbons (Fsp3) is 0. The number of nitrogens with zero attached hydrogens (tertiary/aromatic N) is 2. The third-order valence-electron chi connectivity index (χ3n) is 2.98. The van der Waals surface area contributed by atoms with E-state index in [1.54, 1.807) is 23.0 Å². The van der Waals surface area contributed by atoms with Crippen molar-refractivity contribution < 1.29 is 4.79 Å². The minimum atomic E-state index is -0.130. The number of hydrogen-bond donors (Lipinski definition) is 1. The van der Waals surface area contributed by atoms with E-state index in [0.29, 0.717) is 5.56 Å². The van der Waals surface area contributed by atoms with Gasteiger partial charge in [-0.15, -0.1) is 0 Å². The summed E-state index contributed by atoms with van der Waals surface area (Å²) < 4.78 is 2.65. The Morgan fingerprint density at radius 2 is 1.76 bits per heavy atom. The van der Waals surface area contributed by atoms with Gasteiger partial charge in [-0.25, -0.2) is 4.68 Å². The number of para-hydroxylation sites is 1. The molecule has 0 saturated carbocycles. The van der Waals surface area contributed by atoms with E-state index in [1.807, 2.05) is 48.7 Å². The number of carbonyl (C=O) groups excluding carboxylic acids is 1. The summed E-state index contributed by atoms with van der Waals surface area (Å²) in [5, 5.41) is 7.05. The molecule has 4 nitrogen and oxygen atoms in total. The largest absolute Gasteiger partial charge is 0.322 e. The summed E-state index contributed by atoms with van der Waals surface area (Å²) in [6, 6.07) is 16.7. The van der Waals surface area contributed by atoms with E-state index in [-0.39, 0.29) is 5.91 Å². The van der Waals surface area contributed by atoms with Crippen LogP contribution in [0.25, 0.3) is 5.69 Å². The van der Waals surface area contributed by atoms with Crippen molar-refractivity contribution in [3.05, 3.63) is 77.0 Å². The van der Waals surface area contributed by atoms with Crippen molar-refractivity contribution in [2.75, 3.05) is 5.32 Å². The number of amides is 1. The number of carbonyl (C=O) groups is 1. The summed E-state index contributed by atoms with van der Waals surface area (Å²) in [5.41, 5.74) is 2.29. The molecule has 5 heteroatoms. The lowest BCUT2D eigenvalue weighted by atomic mass is 10.2. The standard InChI is InChI=1S/C16H12BrN3O/c17-13-10-18-20(11-13)15-8-6-12(7-9-15)16(21)19-14-4-2-1-3-5-14/h1-11H,(H,19,21). The Balaban J connectivity index is 1.76. The molecule has 1 aromatic heterocycles. The number of hydrogen-bond acceptors (Lipinski definition) is 2. The van der Waals surface area contributed by atoms with Gasteiger partial charge in [-0.05, 0) is 52.3 Å². The summed E-state index contributed by atoms with van der Waals surface area (Å²) >= 11 is 3.36. The molecule has 2 aromatic carbocycles. The van der Waals surface area contributed by atoms with Crippen molar-refractivity contribution >= 4 is 27.5 Å². The maximum atomic E-state index is 12.1. The Bertz CT molecular complexity index is 751. The average molecular weight is 342 g/mol. The maximum absolute atomic E-state index is 12.1. The molecule has 0 unspecified atom stereocenters. The zero-order valence-electron chi connectivity index (χ0n) is 11.0. The van der Waals surface area contributed by atoms with Gasteiger partial charge in [0, 0.05) is 17.4 Å². The molecule has 0 aliphatic carbocycles. The lowest BCUT2D eigenvalue weighted by Crippen LogP contribution is -2.11. The second kappa shape index (κ2) is 5.93. The maximum Gasteiger partial charge on any atom is 0.255 e. The Hall–Kier alpha value is -2.40. The summed E-state index contributed by atoms with van der Waals surface area (Å²) in [6.45, 7) is 0. The molecule has 1 heterocycles. The smallest absolute Gasteiger partial charge is 0.255 e. The summed E-state index contributed by atoms with van der Waals surface area (Å²) in [7, 11) is 0. The van der Waals surface area contributed by atoms with Gasteiger partial charge in [-0.1, -0.05) is 18.2 Å². The SMILES string of the molecule is O=C(Nc1ccccc1)c1ccc(-n2cc(Br)cn2)cc1. The number of anilines is 1. The Morgan fingerprint density at radius 1 is 1.05 bits per heavy atom. The van der Waals surface area contributed by atoms with Crippen LogP contribution in [0.2, 0.25) is 0 Å². The Kier molecular flexibility index (Phi) is 3.83. The van der Waals surface area contributed by atoms with Gasteiger partial charge in [0.2, 0.25) is 0 Å². The van der Waals surface area contributed by atoms with Crippen molar-refractivity contribution in [1.82, 2.24) is 9.78 Å². The summed E-state index contributed by atoms with van der Waals surface area (Å²) in [4.78, 5) is 12.1. The molecule has 3 aromatic rings. The second-order valence-electron chi connectivity index (χ2n) is 4.47. The molecule has 3 rings (SSSR count). The van der Waals surface area contributed by atoms with Gasteiger partial charge in [0.25, 0.3) is 5.91 Å². The minimum Gasteiger partial charge on any atom is -0.322 e. The monoisotopic (exact) mass is 341 g/mol. The zero-order chi connectivity index (χ0) is 14.7. The van der Waals surface area contributed by atoms with Crippen molar-refractivity contribution in [2.45, 2.75) is 0 Å². The quantitative estimate of drug-likeness (QED) is 0.785. The van der Waals surface area contributed by atoms with E-state index in [9.17, 15) is 4.79 Å². The van der Waals surface area contributed by atoms with E-state index in [1.165, 1.54) is 0 Å². The summed E-state index contributed by atoms with van der Waals surface area (Å²) in [5.74, 6) is -0.130. The first-order chi connectivity index (χ1) is 10.2. The highest BCUT2D eigenvalue weighted by atomic mass is 79.9. The van der Waals surface area contributed by atoms with Crippen molar-refractivity contribution in [3.8, 4) is 5.69 Å². The molecule has 21 heavy (non-hydrogen) atoms. The van der Waals surface area contributed by atoms with Crippen LogP contribution in [-0.4, -0.2) is 15.7 Å². The Labute approximate surface area is 130 Å². The summed E-state index contributed by atoms with van der Waals surface area (Å²) in [6.07, 6.45) is 3.58. The van der Waals surface area contributed by atoms with E-state index in [4.69, 9.17) is 0 Å². The van der Waals surface area contributed by atoms with Crippen LogP contribution < -0.4 is 5.32 Å². The molecule has 1 N–H and O–H groups in total. The van der Waals surface area contributed by atoms with Gasteiger partial charge >= 0.3 is 0 Å². The first-order valence-electron chi connectivity index (χ1n) is 6.39. The normalized spacial score (nSPS) is 10.3. The van der Waals surface area contributed by atoms with Crippen LogP contribution in [0.1, 0.15) is 10.4 Å². The highest BCUT2D eigenvalue weighted by Crippen LogP contribution is 2.14. The van der Waals surface area contributed by atoms with Crippen LogP contribution in [0.15, 0.2) is 71.5 Å². The number of aromatic nitrogens is 2. The number of halogens is 1. The molecule has 0 radical (unpaired) electrons. The number of nitrogens with one attached hydrogen (secondary N) is 1. The van der Waals surface area contributed by atoms with Gasteiger partial charge in [0.05, 0.1) is 16.4 Å². The molecule has 0 bridgehead atoms. The first kappa shape index (κ1) is 13.6. The lowest BCUT2D eigenvalue weighted by Gasteiger charge is -2.06. The predicted molar refractivity (Wildman–Crippen MR) is 85.7 cm³/mol. The van der Waals surface area contributed by atoms with E-state index in [0.717, 1.165) is 15.8 Å². The molecule has 0 spiro atoms. The number of benzene rings is 2. The van der Waals surface area contributed by atoms with Crippen molar-refractivity contribution in [2.24, 2.45) is 0 Å². The van der Waals surface area contributed by atoms with Gasteiger partial charge in [0.1, 0.15) is 0 Å². The first-order valence-corrected chi connectivity index (χ1v) is 7.19. The van der Waals surface area contributed by atoms with Crippen LogP contribution >= 0.6 is 15.9 Å². The van der Waals surface area contributed by atoms with Crippen LogP contribution in [0, 0.1) is 0 Å². The van der Waals surface area contributed by atoms with E-state index >= 15 is 0 Å². The van der Waals surface area contributed by atoms with Crippen LogP contribution in [0.5, 0.6) is 0 Å². The fourth-order valence-corrected chi connectivity index (χ4v) is 2.22. The molecule has 104 valence electrons. The van der Waals surface area contributed by atoms with Gasteiger partial charge < -0.3 is 5.32 Å². The molecule has 0 aliphatic heterocycles. The third-order valence-corrected chi connectivity index (χ3v) is 3.39. The molecular weight excluding hydrogens is 330 g/mol. The van der Waals surface area contributed by atoms with E-state index in [2.05, 4.69) is 26.3 Å². The number of rotatable bonds is 3. The van der Waals surface area contributed by atoms with Crippen molar-refractivity contribution in [3.63, 3.8) is 0 Å². The highest BCUT2D eigenvalue weighted by Gasteiger charge is 2.06. The fourth-order valence-electron chi connectivity index (χ4n) is 1.93. The molecule has 1 amide bonds. The topological polar surface area (TPSA) is 46.9 Å². The lowest BCUT2D eigenvalue weighted by molar-refractivity contribution is 0.102. The Morgan fingerprint density at radius 3 is 2.38 bits per heavy atom. The average Bonchev–Trinajstić information content (AvgIpc) is 2.95. The second-order valence-corrected chi connectivity index (χ2v) is 5.39. The minimum absolute atomic E-state index is 0.130. The van der Waals surface area contributed by atoms with Crippen LogP contribution in [0.3, 0.4) is 0 Å². The predicted octanol–water partition coefficient (Wildman–Crippen LogP) is 3.89. The molecule has 0 saturated heterocycles. The molecule has 0 aliphatic rings. The van der Waals surface area contributed by atoms with Crippen LogP contribution in [-0.2, 0) is 0 Å². The molecule has 0 fully saturated rings. The highest BCUT2D eigenvalue weighted by molar-refractivity contribution is 9.10. The van der Waals surface area contributed by atoms with Crippen molar-refractivity contribution in [1.29, 1.82) is 0 Å². The zero-order valence-corrected chi connectivity index (χ0v) is 12.6. The van der Waals surface area contributed by atoms with Crippen LogP contribution in [0.4, 0.5) is 5.69 Å². The van der Waals surface area contributed by atoms with Gasteiger partial charge in [-0.3, -0.25) is 4.79 Å². The van der Waals surface area contributed by atoms with Gasteiger partial charge in [-0.2, -0.15) is 5.10 Å². The van der Waals surface area contributed by atoms with E-state index < -0.39 is 0 Å². The van der Waals surface area contributed by atoms with Gasteiger partial charge in [0.15, 0.2) is 0 Å². The molecule has 0 atom stereocenters. The molecular formula is C16H12BrN3O. The third kappa shape index (κ3) is 3.20.